The van der Waals surface area contributed by atoms with Gasteiger partial charge >= 0.3 is 0 Å². The van der Waals surface area contributed by atoms with Gasteiger partial charge in [-0.2, -0.15) is 0 Å². The van der Waals surface area contributed by atoms with E-state index in [0.717, 1.165) is 62.6 Å². The molecule has 6 nitrogen and oxygen atoms in total. The van der Waals surface area contributed by atoms with Gasteiger partial charge in [0, 0.05) is 57.5 Å². The summed E-state index contributed by atoms with van der Waals surface area (Å²) in [5.74, 6) is 1.29. The van der Waals surface area contributed by atoms with Crippen LogP contribution in [-0.4, -0.2) is 56.4 Å². The molecule has 1 saturated heterocycles. The minimum atomic E-state index is -0.0447. The Morgan fingerprint density at radius 3 is 2.55 bits per heavy atom. The molecule has 1 fully saturated rings. The molecule has 162 valence electrons. The van der Waals surface area contributed by atoms with Crippen LogP contribution >= 0.6 is 0 Å². The highest BCUT2D eigenvalue weighted by Crippen LogP contribution is 2.22. The highest BCUT2D eigenvalue weighted by atomic mass is 16.2. The van der Waals surface area contributed by atoms with Crippen LogP contribution in [0.5, 0.6) is 0 Å². The minimum Gasteiger partial charge on any atom is -0.341 e. The number of carbonyl (C=O) groups excluding carboxylic acids is 1. The number of imidazole rings is 1. The monoisotopic (exact) mass is 417 g/mol. The summed E-state index contributed by atoms with van der Waals surface area (Å²) in [6.45, 7) is 9.07. The fourth-order valence-corrected chi connectivity index (χ4v) is 4.35. The van der Waals surface area contributed by atoms with E-state index >= 15 is 0 Å². The maximum atomic E-state index is 13.2. The van der Waals surface area contributed by atoms with Crippen LogP contribution < -0.4 is 0 Å². The topological polar surface area (TPSA) is 54.3 Å². The van der Waals surface area contributed by atoms with E-state index in [1.54, 1.807) is 6.20 Å². The minimum absolute atomic E-state index is 0.0447. The molecule has 6 heteroatoms. The molecule has 3 heterocycles. The van der Waals surface area contributed by atoms with E-state index in [4.69, 9.17) is 0 Å². The Labute approximate surface area is 184 Å². The summed E-state index contributed by atoms with van der Waals surface area (Å²) in [4.78, 5) is 26.3. The number of aryl methyl sites for hydroxylation is 1. The zero-order valence-electron chi connectivity index (χ0n) is 18.4. The lowest BCUT2D eigenvalue weighted by Gasteiger charge is -2.23. The van der Waals surface area contributed by atoms with Gasteiger partial charge < -0.3 is 9.47 Å². The Hall–Kier alpha value is -2.99. The summed E-state index contributed by atoms with van der Waals surface area (Å²) in [5, 5.41) is 0. The van der Waals surface area contributed by atoms with E-state index in [1.807, 2.05) is 29.6 Å². The van der Waals surface area contributed by atoms with Crippen molar-refractivity contribution in [1.29, 1.82) is 0 Å². The molecule has 0 saturated carbocycles. The summed E-state index contributed by atoms with van der Waals surface area (Å²) in [5.41, 5.74) is 3.44. The Kier molecular flexibility index (Phi) is 6.77. The number of likely N-dealkylation sites (N-methyl/N-ethyl adjacent to an activating group) is 1. The van der Waals surface area contributed by atoms with Crippen LogP contribution in [0.1, 0.15) is 25.2 Å². The van der Waals surface area contributed by atoms with Crippen LogP contribution in [0.4, 0.5) is 0 Å². The molecule has 0 radical (unpaired) electrons. The predicted molar refractivity (Wildman–Crippen MR) is 122 cm³/mol. The van der Waals surface area contributed by atoms with Gasteiger partial charge in [-0.3, -0.25) is 14.7 Å². The molecule has 1 aromatic carbocycles. The van der Waals surface area contributed by atoms with E-state index in [0.29, 0.717) is 0 Å². The van der Waals surface area contributed by atoms with E-state index < -0.39 is 0 Å². The third kappa shape index (κ3) is 5.02. The van der Waals surface area contributed by atoms with Crippen LogP contribution in [0.25, 0.3) is 11.1 Å². The summed E-state index contributed by atoms with van der Waals surface area (Å²) in [6.07, 6.45) is 8.30. The maximum Gasteiger partial charge on any atom is 0.227 e. The normalized spacial score (nSPS) is 17.7. The molecular formula is C25H31N5O. The molecule has 0 spiro atoms. The molecule has 4 rings (SSSR count). The van der Waals surface area contributed by atoms with Crippen molar-refractivity contribution in [3.05, 3.63) is 72.6 Å². The molecule has 1 aliphatic rings. The third-order valence-electron chi connectivity index (χ3n) is 6.15. The molecule has 0 aliphatic carbocycles. The Morgan fingerprint density at radius 1 is 1.00 bits per heavy atom. The standard InChI is InChI=1S/C25H31N5O/c1-3-29-13-12-27-24(29)19-28-14-15-30(4-2)25(31)23(18-28)16-20-7-9-21(10-8-20)22-6-5-11-26-17-22/h5-13,17,23H,3-4,14-16,18-19H2,1-2H3. The molecule has 1 amide bonds. The smallest absolute Gasteiger partial charge is 0.227 e. The van der Waals surface area contributed by atoms with E-state index in [1.165, 1.54) is 5.56 Å². The highest BCUT2D eigenvalue weighted by Gasteiger charge is 2.30. The van der Waals surface area contributed by atoms with Gasteiger partial charge in [0.15, 0.2) is 0 Å². The Morgan fingerprint density at radius 2 is 1.84 bits per heavy atom. The first-order valence-corrected chi connectivity index (χ1v) is 11.2. The van der Waals surface area contributed by atoms with Crippen molar-refractivity contribution in [2.45, 2.75) is 33.4 Å². The van der Waals surface area contributed by atoms with Crippen LogP contribution in [0.3, 0.4) is 0 Å². The van der Waals surface area contributed by atoms with Crippen LogP contribution in [0.15, 0.2) is 61.2 Å². The number of hydrogen-bond donors (Lipinski definition) is 0. The first kappa shape index (κ1) is 21.2. The van der Waals surface area contributed by atoms with E-state index in [-0.39, 0.29) is 11.8 Å². The van der Waals surface area contributed by atoms with Gasteiger partial charge in [-0.15, -0.1) is 0 Å². The lowest BCUT2D eigenvalue weighted by molar-refractivity contribution is -0.134. The summed E-state index contributed by atoms with van der Waals surface area (Å²) < 4.78 is 2.18. The van der Waals surface area contributed by atoms with Gasteiger partial charge in [0.2, 0.25) is 5.91 Å². The van der Waals surface area contributed by atoms with Crippen molar-refractivity contribution < 1.29 is 4.79 Å². The number of rotatable bonds is 7. The van der Waals surface area contributed by atoms with Crippen LogP contribution in [0, 0.1) is 5.92 Å². The predicted octanol–water partition coefficient (Wildman–Crippen LogP) is 3.49. The van der Waals surface area contributed by atoms with Gasteiger partial charge in [-0.05, 0) is 43.0 Å². The summed E-state index contributed by atoms with van der Waals surface area (Å²) >= 11 is 0. The number of pyridine rings is 1. The lowest BCUT2D eigenvalue weighted by atomic mass is 9.96. The second-order valence-electron chi connectivity index (χ2n) is 8.12. The second-order valence-corrected chi connectivity index (χ2v) is 8.12. The zero-order valence-corrected chi connectivity index (χ0v) is 18.4. The van der Waals surface area contributed by atoms with E-state index in [2.05, 4.69) is 63.6 Å². The number of nitrogens with zero attached hydrogens (tertiary/aromatic N) is 5. The van der Waals surface area contributed by atoms with Crippen molar-refractivity contribution in [2.75, 3.05) is 26.2 Å². The number of carbonyl (C=O) groups is 1. The Bertz CT molecular complexity index is 983. The van der Waals surface area contributed by atoms with Gasteiger partial charge in [0.25, 0.3) is 0 Å². The third-order valence-corrected chi connectivity index (χ3v) is 6.15. The van der Waals surface area contributed by atoms with Crippen molar-refractivity contribution in [3.8, 4) is 11.1 Å². The van der Waals surface area contributed by atoms with Crippen molar-refractivity contribution in [1.82, 2.24) is 24.3 Å². The number of hydrogen-bond acceptors (Lipinski definition) is 4. The fraction of sp³-hybridized carbons (Fsp3) is 0.400. The first-order valence-electron chi connectivity index (χ1n) is 11.2. The maximum absolute atomic E-state index is 13.2. The van der Waals surface area contributed by atoms with Gasteiger partial charge in [-0.1, -0.05) is 30.3 Å². The van der Waals surface area contributed by atoms with Gasteiger partial charge in [-0.25, -0.2) is 4.98 Å². The van der Waals surface area contributed by atoms with Crippen LogP contribution in [-0.2, 0) is 24.3 Å². The average Bonchev–Trinajstić information content (AvgIpc) is 3.20. The quantitative estimate of drug-likeness (QED) is 0.591. The second kappa shape index (κ2) is 9.88. The van der Waals surface area contributed by atoms with Crippen molar-refractivity contribution in [2.24, 2.45) is 5.92 Å². The molecule has 1 aliphatic heterocycles. The molecular weight excluding hydrogens is 386 g/mol. The van der Waals surface area contributed by atoms with Gasteiger partial charge in [0.05, 0.1) is 12.5 Å². The molecule has 1 atom stereocenters. The largest absolute Gasteiger partial charge is 0.341 e. The zero-order chi connectivity index (χ0) is 21.6. The van der Waals surface area contributed by atoms with Crippen LogP contribution in [0.2, 0.25) is 0 Å². The SMILES string of the molecule is CCN1CCN(Cc2nccn2CC)CC(Cc2ccc(-c3cccnc3)cc2)C1=O. The number of aromatic nitrogens is 3. The lowest BCUT2D eigenvalue weighted by Crippen LogP contribution is -2.37. The van der Waals surface area contributed by atoms with E-state index in [9.17, 15) is 4.79 Å². The number of benzene rings is 1. The molecule has 2 aromatic heterocycles. The summed E-state index contributed by atoms with van der Waals surface area (Å²) in [6, 6.07) is 12.6. The molecule has 31 heavy (non-hydrogen) atoms. The van der Waals surface area contributed by atoms with Crippen molar-refractivity contribution >= 4 is 5.91 Å². The Balaban J connectivity index is 1.49. The summed E-state index contributed by atoms with van der Waals surface area (Å²) in [7, 11) is 0. The fourth-order valence-electron chi connectivity index (χ4n) is 4.35. The number of amides is 1. The molecule has 1 unspecified atom stereocenters. The molecule has 3 aromatic rings. The molecule has 0 bridgehead atoms. The molecule has 0 N–H and O–H groups in total. The average molecular weight is 418 g/mol. The highest BCUT2D eigenvalue weighted by molar-refractivity contribution is 5.79. The first-order chi connectivity index (χ1) is 15.2. The van der Waals surface area contributed by atoms with Crippen molar-refractivity contribution in [3.63, 3.8) is 0 Å². The van der Waals surface area contributed by atoms with Gasteiger partial charge in [0.1, 0.15) is 5.82 Å².